The van der Waals surface area contributed by atoms with E-state index >= 15 is 0 Å². The summed E-state index contributed by atoms with van der Waals surface area (Å²) in [7, 11) is 0. The molecule has 1 aromatic heterocycles. The van der Waals surface area contributed by atoms with Crippen LogP contribution in [0.25, 0.3) is 0 Å². The molecule has 0 fully saturated rings. The van der Waals surface area contributed by atoms with E-state index in [-0.39, 0.29) is 5.91 Å². The molecule has 1 aliphatic heterocycles. The summed E-state index contributed by atoms with van der Waals surface area (Å²) in [6.45, 7) is 5.96. The van der Waals surface area contributed by atoms with Gasteiger partial charge in [-0.15, -0.1) is 5.10 Å². The Bertz CT molecular complexity index is 1390. The minimum absolute atomic E-state index is 0.158. The maximum Gasteiger partial charge on any atom is 0.255 e. The quantitative estimate of drug-likeness (QED) is 0.325. The third-order valence-electron chi connectivity index (χ3n) is 6.07. The molecular formula is C28H27N5OS. The Morgan fingerprint density at radius 1 is 0.971 bits per heavy atom. The van der Waals surface area contributed by atoms with Crippen LogP contribution in [-0.4, -0.2) is 20.7 Å². The van der Waals surface area contributed by atoms with Gasteiger partial charge in [-0.2, -0.15) is 4.98 Å². The number of fused-ring (bicyclic) bond motifs is 1. The highest BCUT2D eigenvalue weighted by Gasteiger charge is 2.34. The molecule has 5 rings (SSSR count). The minimum atomic E-state index is -0.394. The van der Waals surface area contributed by atoms with E-state index in [0.717, 1.165) is 33.8 Å². The molecule has 0 unspecified atom stereocenters. The number of aromatic nitrogens is 3. The van der Waals surface area contributed by atoms with Crippen molar-refractivity contribution in [2.45, 2.75) is 37.7 Å². The summed E-state index contributed by atoms with van der Waals surface area (Å²) in [6.07, 6.45) is 0. The van der Waals surface area contributed by atoms with Crippen LogP contribution in [0.4, 0.5) is 11.6 Å². The Balaban J connectivity index is 1.50. The first kappa shape index (κ1) is 22.9. The predicted octanol–water partition coefficient (Wildman–Crippen LogP) is 6.11. The summed E-state index contributed by atoms with van der Waals surface area (Å²) in [5.74, 6) is 1.25. The van der Waals surface area contributed by atoms with Gasteiger partial charge in [-0.25, -0.2) is 4.68 Å². The number of nitrogens with zero attached hydrogens (tertiary/aromatic N) is 3. The van der Waals surface area contributed by atoms with E-state index in [1.807, 2.05) is 61.0 Å². The smallest absolute Gasteiger partial charge is 0.255 e. The summed E-state index contributed by atoms with van der Waals surface area (Å²) < 4.78 is 1.83. The van der Waals surface area contributed by atoms with E-state index in [9.17, 15) is 4.79 Å². The lowest BCUT2D eigenvalue weighted by atomic mass is 9.94. The second-order valence-electron chi connectivity index (χ2n) is 8.68. The van der Waals surface area contributed by atoms with Crippen molar-refractivity contribution in [1.29, 1.82) is 0 Å². The SMILES string of the molecule is CC1=C(C(=O)Nc2ccccc2C)[C@H](c2ccc(C)cc2)n2nc(SCc3ccccc3)nc2N1. The van der Waals surface area contributed by atoms with E-state index in [4.69, 9.17) is 10.1 Å². The number of aryl methyl sites for hydroxylation is 2. The van der Waals surface area contributed by atoms with Gasteiger partial charge >= 0.3 is 0 Å². The van der Waals surface area contributed by atoms with Crippen LogP contribution in [0.15, 0.2) is 95.3 Å². The van der Waals surface area contributed by atoms with Crippen LogP contribution in [-0.2, 0) is 10.5 Å². The van der Waals surface area contributed by atoms with Crippen molar-refractivity contribution >= 4 is 29.3 Å². The van der Waals surface area contributed by atoms with Crippen LogP contribution in [0.3, 0.4) is 0 Å². The molecule has 0 saturated carbocycles. The Hall–Kier alpha value is -3.84. The summed E-state index contributed by atoms with van der Waals surface area (Å²) in [4.78, 5) is 18.4. The number of rotatable bonds is 6. The van der Waals surface area contributed by atoms with Gasteiger partial charge in [0.15, 0.2) is 0 Å². The molecule has 1 amide bonds. The predicted molar refractivity (Wildman–Crippen MR) is 141 cm³/mol. The molecule has 0 radical (unpaired) electrons. The monoisotopic (exact) mass is 481 g/mol. The number of allylic oxidation sites excluding steroid dienone is 1. The lowest BCUT2D eigenvalue weighted by Crippen LogP contribution is -2.31. The lowest BCUT2D eigenvalue weighted by molar-refractivity contribution is -0.113. The summed E-state index contributed by atoms with van der Waals surface area (Å²) in [6, 6.07) is 25.9. The Labute approximate surface area is 209 Å². The zero-order valence-electron chi connectivity index (χ0n) is 19.9. The number of amides is 1. The van der Waals surface area contributed by atoms with Gasteiger partial charge in [-0.1, -0.05) is 90.1 Å². The summed E-state index contributed by atoms with van der Waals surface area (Å²) in [5.41, 5.74) is 6.54. The summed E-state index contributed by atoms with van der Waals surface area (Å²) >= 11 is 1.58. The van der Waals surface area contributed by atoms with Gasteiger partial charge in [-0.05, 0) is 43.5 Å². The van der Waals surface area contributed by atoms with Crippen LogP contribution in [0, 0.1) is 13.8 Å². The summed E-state index contributed by atoms with van der Waals surface area (Å²) in [5, 5.41) is 11.9. The van der Waals surface area contributed by atoms with Crippen LogP contribution in [0.1, 0.15) is 35.2 Å². The Morgan fingerprint density at radius 2 is 1.69 bits per heavy atom. The zero-order chi connectivity index (χ0) is 24.4. The number of nitrogens with one attached hydrogen (secondary N) is 2. The van der Waals surface area contributed by atoms with Gasteiger partial charge in [0.2, 0.25) is 11.1 Å². The molecule has 7 heteroatoms. The molecule has 0 bridgehead atoms. The van der Waals surface area contributed by atoms with Crippen molar-refractivity contribution in [2.24, 2.45) is 0 Å². The van der Waals surface area contributed by atoms with Crippen molar-refractivity contribution in [2.75, 3.05) is 10.6 Å². The van der Waals surface area contributed by atoms with E-state index in [2.05, 4.69) is 54.0 Å². The molecular weight excluding hydrogens is 454 g/mol. The molecule has 1 atom stereocenters. The fourth-order valence-electron chi connectivity index (χ4n) is 4.17. The van der Waals surface area contributed by atoms with E-state index < -0.39 is 6.04 Å². The first-order chi connectivity index (χ1) is 17.0. The maximum absolute atomic E-state index is 13.6. The van der Waals surface area contributed by atoms with Crippen LogP contribution in [0.5, 0.6) is 0 Å². The van der Waals surface area contributed by atoms with Crippen LogP contribution in [0.2, 0.25) is 0 Å². The van der Waals surface area contributed by atoms with Crippen molar-refractivity contribution in [3.63, 3.8) is 0 Å². The standard InChI is InChI=1S/C28H27N5OS/c1-18-13-15-22(16-14-18)25-24(26(34)30-23-12-8-7-9-19(23)2)20(3)29-27-31-28(32-33(25)27)35-17-21-10-5-4-6-11-21/h4-16,25H,17H2,1-3H3,(H,30,34)(H,29,31,32)/t25-/m0/s1. The van der Waals surface area contributed by atoms with Crippen molar-refractivity contribution in [3.8, 4) is 0 Å². The van der Waals surface area contributed by atoms with Crippen LogP contribution >= 0.6 is 11.8 Å². The van der Waals surface area contributed by atoms with Gasteiger partial charge in [-0.3, -0.25) is 4.79 Å². The topological polar surface area (TPSA) is 71.8 Å². The first-order valence-electron chi connectivity index (χ1n) is 11.5. The molecule has 1 aliphatic rings. The van der Waals surface area contributed by atoms with Gasteiger partial charge in [0.25, 0.3) is 5.91 Å². The molecule has 35 heavy (non-hydrogen) atoms. The number of anilines is 2. The highest BCUT2D eigenvalue weighted by Crippen LogP contribution is 2.37. The number of para-hydroxylation sites is 1. The van der Waals surface area contributed by atoms with Crippen molar-refractivity contribution in [3.05, 3.63) is 112 Å². The molecule has 3 aromatic carbocycles. The molecule has 176 valence electrons. The first-order valence-corrected chi connectivity index (χ1v) is 12.5. The number of hydrogen-bond acceptors (Lipinski definition) is 5. The third-order valence-corrected chi connectivity index (χ3v) is 6.98. The van der Waals surface area contributed by atoms with Gasteiger partial charge in [0.1, 0.15) is 6.04 Å². The number of thioether (sulfide) groups is 1. The fraction of sp³-hybridized carbons (Fsp3) is 0.179. The van der Waals surface area contributed by atoms with Crippen molar-refractivity contribution < 1.29 is 4.79 Å². The van der Waals surface area contributed by atoms with Gasteiger partial charge in [0.05, 0.1) is 5.57 Å². The molecule has 4 aromatic rings. The normalized spacial score (nSPS) is 14.9. The van der Waals surface area contributed by atoms with E-state index in [1.165, 1.54) is 5.56 Å². The Morgan fingerprint density at radius 3 is 2.43 bits per heavy atom. The lowest BCUT2D eigenvalue weighted by Gasteiger charge is -2.29. The Kier molecular flexibility index (Phi) is 6.42. The second-order valence-corrected chi connectivity index (χ2v) is 9.63. The third kappa shape index (κ3) is 4.86. The fourth-order valence-corrected chi connectivity index (χ4v) is 4.95. The average Bonchev–Trinajstić information content (AvgIpc) is 3.27. The second kappa shape index (κ2) is 9.80. The molecule has 0 aliphatic carbocycles. The van der Waals surface area contributed by atoms with Gasteiger partial charge < -0.3 is 10.6 Å². The largest absolute Gasteiger partial charge is 0.328 e. The highest BCUT2D eigenvalue weighted by atomic mass is 32.2. The van der Waals surface area contributed by atoms with E-state index in [0.29, 0.717) is 16.7 Å². The molecule has 2 heterocycles. The highest BCUT2D eigenvalue weighted by molar-refractivity contribution is 7.98. The van der Waals surface area contributed by atoms with Crippen LogP contribution < -0.4 is 10.6 Å². The molecule has 6 nitrogen and oxygen atoms in total. The molecule has 0 saturated heterocycles. The zero-order valence-corrected chi connectivity index (χ0v) is 20.8. The minimum Gasteiger partial charge on any atom is -0.328 e. The van der Waals surface area contributed by atoms with E-state index in [1.54, 1.807) is 11.8 Å². The van der Waals surface area contributed by atoms with Gasteiger partial charge in [0, 0.05) is 17.1 Å². The average molecular weight is 482 g/mol. The number of carbonyl (C=O) groups excluding carboxylic acids is 1. The molecule has 0 spiro atoms. The number of benzene rings is 3. The number of hydrogen-bond donors (Lipinski definition) is 2. The molecule has 2 N–H and O–H groups in total. The van der Waals surface area contributed by atoms with Crippen molar-refractivity contribution in [1.82, 2.24) is 14.8 Å². The maximum atomic E-state index is 13.6. The number of carbonyl (C=O) groups is 1.